The Morgan fingerprint density at radius 2 is 2.23 bits per heavy atom. The number of rotatable bonds is 5. The van der Waals surface area contributed by atoms with E-state index in [1.807, 2.05) is 18.3 Å². The number of hydrogen-bond acceptors (Lipinski definition) is 5. The molecule has 0 aliphatic carbocycles. The summed E-state index contributed by atoms with van der Waals surface area (Å²) in [6.07, 6.45) is 1.53. The van der Waals surface area contributed by atoms with E-state index in [9.17, 15) is 5.11 Å². The Bertz CT molecular complexity index is 648. The van der Waals surface area contributed by atoms with Crippen molar-refractivity contribution in [3.63, 3.8) is 0 Å². The minimum Gasteiger partial charge on any atom is -0.391 e. The number of halogens is 2. The maximum atomic E-state index is 9.73. The lowest BCUT2D eigenvalue weighted by Gasteiger charge is -2.13. The molecule has 1 saturated heterocycles. The molecule has 1 aromatic heterocycles. The van der Waals surface area contributed by atoms with Crippen molar-refractivity contribution >= 4 is 23.2 Å². The molecule has 6 nitrogen and oxygen atoms in total. The Labute approximate surface area is 138 Å². The minimum atomic E-state index is -0.284. The highest BCUT2D eigenvalue weighted by atomic mass is 35.5. The van der Waals surface area contributed by atoms with Crippen LogP contribution in [0.1, 0.15) is 5.69 Å². The standard InChI is InChI=1S/C14H17Cl2N5O/c15-11-2-1-3-12(14(11)16)21-8-10(19-20-21)6-17-4-9-5-18-7-13(9)22/h1-3,8-9,13,17-18,22H,4-7H2. The maximum absolute atomic E-state index is 9.73. The van der Waals surface area contributed by atoms with Gasteiger partial charge in [0.2, 0.25) is 0 Å². The second-order valence-electron chi connectivity index (χ2n) is 5.34. The molecule has 1 aromatic carbocycles. The van der Waals surface area contributed by atoms with Crippen LogP contribution in [0, 0.1) is 5.92 Å². The van der Waals surface area contributed by atoms with E-state index in [2.05, 4.69) is 20.9 Å². The van der Waals surface area contributed by atoms with Crippen molar-refractivity contribution in [2.75, 3.05) is 19.6 Å². The Balaban J connectivity index is 1.60. The highest BCUT2D eigenvalue weighted by molar-refractivity contribution is 6.43. The van der Waals surface area contributed by atoms with Crippen molar-refractivity contribution in [1.29, 1.82) is 0 Å². The number of nitrogens with one attached hydrogen (secondary N) is 2. The zero-order chi connectivity index (χ0) is 15.5. The normalized spacial score (nSPS) is 21.4. The number of benzene rings is 1. The van der Waals surface area contributed by atoms with E-state index in [0.29, 0.717) is 28.8 Å². The molecule has 1 aliphatic rings. The second-order valence-corrected chi connectivity index (χ2v) is 6.13. The number of aliphatic hydroxyl groups is 1. The van der Waals surface area contributed by atoms with Crippen LogP contribution < -0.4 is 10.6 Å². The van der Waals surface area contributed by atoms with E-state index in [-0.39, 0.29) is 12.0 Å². The molecule has 1 aliphatic heterocycles. The number of aromatic nitrogens is 3. The summed E-state index contributed by atoms with van der Waals surface area (Å²) in [7, 11) is 0. The molecule has 2 aromatic rings. The van der Waals surface area contributed by atoms with Crippen LogP contribution in [0.15, 0.2) is 24.4 Å². The largest absolute Gasteiger partial charge is 0.391 e. The first-order chi connectivity index (χ1) is 10.6. The SMILES string of the molecule is OC1CNCC1CNCc1cn(-c2cccc(Cl)c2Cl)nn1. The Hall–Kier alpha value is -1.18. The summed E-state index contributed by atoms with van der Waals surface area (Å²) < 4.78 is 1.61. The molecule has 2 unspecified atom stereocenters. The molecule has 2 heterocycles. The van der Waals surface area contributed by atoms with Gasteiger partial charge in [-0.2, -0.15) is 0 Å². The molecule has 2 atom stereocenters. The van der Waals surface area contributed by atoms with Gasteiger partial charge in [-0.15, -0.1) is 5.10 Å². The number of aliphatic hydroxyl groups excluding tert-OH is 1. The molecule has 0 amide bonds. The summed E-state index contributed by atoms with van der Waals surface area (Å²) in [4.78, 5) is 0. The topological polar surface area (TPSA) is 75.0 Å². The van der Waals surface area contributed by atoms with E-state index in [1.165, 1.54) is 0 Å². The predicted molar refractivity (Wildman–Crippen MR) is 85.5 cm³/mol. The van der Waals surface area contributed by atoms with Crippen LogP contribution in [0.25, 0.3) is 5.69 Å². The molecule has 0 saturated carbocycles. The third-order valence-corrected chi connectivity index (χ3v) is 4.54. The quantitative estimate of drug-likeness (QED) is 0.763. The average Bonchev–Trinajstić information content (AvgIpc) is 3.12. The number of β-amino-alcohol motifs (C(OH)–C–C–N with tert-alkyl or cyclic N) is 1. The van der Waals surface area contributed by atoms with Crippen molar-refractivity contribution in [3.8, 4) is 5.69 Å². The Kier molecular flexibility index (Phi) is 4.95. The molecule has 3 N–H and O–H groups in total. The van der Waals surface area contributed by atoms with Crippen molar-refractivity contribution in [3.05, 3.63) is 40.1 Å². The monoisotopic (exact) mass is 341 g/mol. The first-order valence-electron chi connectivity index (χ1n) is 7.10. The number of nitrogens with zero attached hydrogens (tertiary/aromatic N) is 3. The first-order valence-corrected chi connectivity index (χ1v) is 7.86. The third kappa shape index (κ3) is 3.42. The summed E-state index contributed by atoms with van der Waals surface area (Å²) in [5.41, 5.74) is 1.50. The van der Waals surface area contributed by atoms with Crippen LogP contribution in [0.4, 0.5) is 0 Å². The summed E-state index contributed by atoms with van der Waals surface area (Å²) >= 11 is 12.2. The number of hydrogen-bond donors (Lipinski definition) is 3. The fourth-order valence-corrected chi connectivity index (χ4v) is 2.86. The molecule has 3 rings (SSSR count). The molecular formula is C14H17Cl2N5O. The average molecular weight is 342 g/mol. The first kappa shape index (κ1) is 15.7. The predicted octanol–water partition coefficient (Wildman–Crippen LogP) is 1.24. The van der Waals surface area contributed by atoms with Crippen molar-refractivity contribution in [1.82, 2.24) is 25.6 Å². The van der Waals surface area contributed by atoms with Crippen LogP contribution in [-0.4, -0.2) is 45.8 Å². The molecular weight excluding hydrogens is 325 g/mol. The van der Waals surface area contributed by atoms with Gasteiger partial charge in [0.25, 0.3) is 0 Å². The third-order valence-electron chi connectivity index (χ3n) is 3.74. The molecule has 0 spiro atoms. The lowest BCUT2D eigenvalue weighted by atomic mass is 10.1. The lowest BCUT2D eigenvalue weighted by Crippen LogP contribution is -2.30. The second kappa shape index (κ2) is 6.93. The van der Waals surface area contributed by atoms with Gasteiger partial charge in [-0.05, 0) is 12.1 Å². The van der Waals surface area contributed by atoms with Crippen LogP contribution in [-0.2, 0) is 6.54 Å². The molecule has 0 radical (unpaired) electrons. The van der Waals surface area contributed by atoms with Gasteiger partial charge < -0.3 is 15.7 Å². The van der Waals surface area contributed by atoms with Crippen LogP contribution in [0.2, 0.25) is 10.0 Å². The fourth-order valence-electron chi connectivity index (χ4n) is 2.48. The highest BCUT2D eigenvalue weighted by Gasteiger charge is 2.24. The van der Waals surface area contributed by atoms with Crippen molar-refractivity contribution in [2.24, 2.45) is 5.92 Å². The van der Waals surface area contributed by atoms with Crippen LogP contribution >= 0.6 is 23.2 Å². The smallest absolute Gasteiger partial charge is 0.0969 e. The molecule has 1 fully saturated rings. The van der Waals surface area contributed by atoms with Gasteiger partial charge in [-0.3, -0.25) is 0 Å². The zero-order valence-electron chi connectivity index (χ0n) is 11.8. The molecule has 22 heavy (non-hydrogen) atoms. The zero-order valence-corrected chi connectivity index (χ0v) is 13.3. The van der Waals surface area contributed by atoms with E-state index in [0.717, 1.165) is 18.8 Å². The summed E-state index contributed by atoms with van der Waals surface area (Å²) in [5.74, 6) is 0.234. The Morgan fingerprint density at radius 3 is 3.00 bits per heavy atom. The molecule has 8 heteroatoms. The minimum absolute atomic E-state index is 0.234. The summed E-state index contributed by atoms with van der Waals surface area (Å²) in [6, 6.07) is 5.38. The van der Waals surface area contributed by atoms with Gasteiger partial charge in [-0.1, -0.05) is 34.5 Å². The van der Waals surface area contributed by atoms with Gasteiger partial charge in [0.05, 0.1) is 33.7 Å². The molecule has 118 valence electrons. The summed E-state index contributed by atoms with van der Waals surface area (Å²) in [6.45, 7) is 2.81. The van der Waals surface area contributed by atoms with Gasteiger partial charge >= 0.3 is 0 Å². The van der Waals surface area contributed by atoms with Crippen molar-refractivity contribution < 1.29 is 5.11 Å². The van der Waals surface area contributed by atoms with E-state index in [1.54, 1.807) is 10.7 Å². The van der Waals surface area contributed by atoms with Gasteiger partial charge in [0, 0.05) is 32.1 Å². The van der Waals surface area contributed by atoms with Crippen LogP contribution in [0.5, 0.6) is 0 Å². The van der Waals surface area contributed by atoms with Gasteiger partial charge in [-0.25, -0.2) is 4.68 Å². The fraction of sp³-hybridized carbons (Fsp3) is 0.429. The highest BCUT2D eigenvalue weighted by Crippen LogP contribution is 2.27. The van der Waals surface area contributed by atoms with E-state index < -0.39 is 0 Å². The van der Waals surface area contributed by atoms with E-state index >= 15 is 0 Å². The Morgan fingerprint density at radius 1 is 1.36 bits per heavy atom. The van der Waals surface area contributed by atoms with Crippen LogP contribution in [0.3, 0.4) is 0 Å². The van der Waals surface area contributed by atoms with Crippen molar-refractivity contribution in [2.45, 2.75) is 12.6 Å². The lowest BCUT2D eigenvalue weighted by molar-refractivity contribution is 0.146. The summed E-state index contributed by atoms with van der Waals surface area (Å²) in [5, 5.41) is 25.3. The van der Waals surface area contributed by atoms with Gasteiger partial charge in [0.15, 0.2) is 0 Å². The molecule has 0 bridgehead atoms. The van der Waals surface area contributed by atoms with E-state index in [4.69, 9.17) is 23.2 Å². The maximum Gasteiger partial charge on any atom is 0.0969 e. The van der Waals surface area contributed by atoms with Gasteiger partial charge in [0.1, 0.15) is 0 Å².